The summed E-state index contributed by atoms with van der Waals surface area (Å²) in [5.74, 6) is -0.440. The minimum Gasteiger partial charge on any atom is -0.389 e. The molecular weight excluding hydrogens is 466 g/mol. The van der Waals surface area contributed by atoms with Crippen molar-refractivity contribution in [1.82, 2.24) is 15.1 Å². The van der Waals surface area contributed by atoms with Crippen molar-refractivity contribution in [2.45, 2.75) is 77.1 Å². The summed E-state index contributed by atoms with van der Waals surface area (Å²) in [7, 11) is 0. The summed E-state index contributed by atoms with van der Waals surface area (Å²) in [4.78, 5) is 43.4. The van der Waals surface area contributed by atoms with Crippen LogP contribution in [0.3, 0.4) is 0 Å². The summed E-state index contributed by atoms with van der Waals surface area (Å²) in [5, 5.41) is 13.9. The number of aliphatic hydroxyl groups is 1. The first-order valence-corrected chi connectivity index (χ1v) is 13.2. The molecule has 0 saturated carbocycles. The van der Waals surface area contributed by atoms with Gasteiger partial charge in [0.25, 0.3) is 11.8 Å². The predicted molar refractivity (Wildman–Crippen MR) is 143 cm³/mol. The average Bonchev–Trinajstić information content (AvgIpc) is 3.44. The van der Waals surface area contributed by atoms with Gasteiger partial charge < -0.3 is 20.2 Å². The van der Waals surface area contributed by atoms with Gasteiger partial charge in [-0.1, -0.05) is 65.0 Å². The highest BCUT2D eigenvalue weighted by molar-refractivity contribution is 5.98. The molecule has 2 fully saturated rings. The molecule has 4 rings (SSSR count). The number of likely N-dealkylation sites (tertiary alicyclic amines) is 2. The Labute approximate surface area is 219 Å². The largest absolute Gasteiger partial charge is 0.389 e. The van der Waals surface area contributed by atoms with Crippen LogP contribution in [-0.2, 0) is 10.2 Å². The molecule has 37 heavy (non-hydrogen) atoms. The monoisotopic (exact) mass is 505 g/mol. The summed E-state index contributed by atoms with van der Waals surface area (Å²) in [6.45, 7) is 11.0. The average molecular weight is 506 g/mol. The van der Waals surface area contributed by atoms with E-state index in [1.807, 2.05) is 44.2 Å². The lowest BCUT2D eigenvalue weighted by Gasteiger charge is -2.31. The molecule has 0 bridgehead atoms. The molecule has 2 heterocycles. The molecule has 2 aromatic rings. The van der Waals surface area contributed by atoms with Crippen LogP contribution < -0.4 is 5.32 Å². The predicted octanol–water partition coefficient (Wildman–Crippen LogP) is 3.62. The fourth-order valence-corrected chi connectivity index (χ4v) is 5.54. The van der Waals surface area contributed by atoms with E-state index in [1.54, 1.807) is 34.1 Å². The van der Waals surface area contributed by atoms with E-state index in [2.05, 4.69) is 26.1 Å². The van der Waals surface area contributed by atoms with Crippen molar-refractivity contribution < 1.29 is 19.5 Å². The van der Waals surface area contributed by atoms with E-state index in [-0.39, 0.29) is 41.6 Å². The van der Waals surface area contributed by atoms with Gasteiger partial charge in [0.1, 0.15) is 6.04 Å². The highest BCUT2D eigenvalue weighted by Gasteiger charge is 2.52. The van der Waals surface area contributed by atoms with Gasteiger partial charge in [0.05, 0.1) is 18.2 Å². The first-order valence-electron chi connectivity index (χ1n) is 13.2. The molecule has 0 aromatic heterocycles. The van der Waals surface area contributed by atoms with Crippen LogP contribution in [0.4, 0.5) is 0 Å². The Bertz CT molecular complexity index is 1120. The lowest BCUT2D eigenvalue weighted by Crippen LogP contribution is -2.53. The zero-order valence-electron chi connectivity index (χ0n) is 22.5. The van der Waals surface area contributed by atoms with Gasteiger partial charge >= 0.3 is 0 Å². The number of nitrogens with zero attached hydrogens (tertiary/aromatic N) is 2. The number of nitrogens with one attached hydrogen (secondary N) is 1. The topological polar surface area (TPSA) is 89.9 Å². The van der Waals surface area contributed by atoms with Crippen LogP contribution in [0.1, 0.15) is 73.7 Å². The van der Waals surface area contributed by atoms with Crippen LogP contribution in [0, 0.1) is 5.92 Å². The molecule has 2 N–H and O–H groups in total. The third kappa shape index (κ3) is 5.72. The normalized spacial score (nSPS) is 22.2. The number of hydrogen-bond acceptors (Lipinski definition) is 4. The van der Waals surface area contributed by atoms with Crippen molar-refractivity contribution in [2.24, 2.45) is 5.92 Å². The molecule has 2 aliphatic heterocycles. The Hall–Kier alpha value is -3.19. The first-order chi connectivity index (χ1) is 17.5. The zero-order chi connectivity index (χ0) is 26.9. The van der Waals surface area contributed by atoms with Crippen LogP contribution >= 0.6 is 0 Å². The third-order valence-electron chi connectivity index (χ3n) is 7.49. The van der Waals surface area contributed by atoms with E-state index in [9.17, 15) is 19.5 Å². The fraction of sp³-hybridized carbons (Fsp3) is 0.500. The van der Waals surface area contributed by atoms with Crippen molar-refractivity contribution in [1.29, 1.82) is 0 Å². The Morgan fingerprint density at radius 3 is 2.22 bits per heavy atom. The van der Waals surface area contributed by atoms with Crippen LogP contribution in [0.25, 0.3) is 0 Å². The molecule has 7 nitrogen and oxygen atoms in total. The first kappa shape index (κ1) is 26.9. The second kappa shape index (κ2) is 10.7. The molecule has 2 aromatic carbocycles. The maximum Gasteiger partial charge on any atom is 0.254 e. The number of carbonyl (C=O) groups is 3. The minimum atomic E-state index is -0.829. The smallest absolute Gasteiger partial charge is 0.254 e. The summed E-state index contributed by atoms with van der Waals surface area (Å²) >= 11 is 0. The second-order valence-corrected chi connectivity index (χ2v) is 11.8. The van der Waals surface area contributed by atoms with E-state index >= 15 is 0 Å². The van der Waals surface area contributed by atoms with Gasteiger partial charge in [-0.05, 0) is 54.0 Å². The summed E-state index contributed by atoms with van der Waals surface area (Å²) in [6.07, 6.45) is 0.258. The zero-order valence-corrected chi connectivity index (χ0v) is 22.5. The van der Waals surface area contributed by atoms with Crippen LogP contribution in [0.15, 0.2) is 54.6 Å². The molecule has 198 valence electrons. The number of carbonyl (C=O) groups excluding carboxylic acids is 3. The van der Waals surface area contributed by atoms with Crippen LogP contribution in [0.5, 0.6) is 0 Å². The van der Waals surface area contributed by atoms with Crippen molar-refractivity contribution in [3.63, 3.8) is 0 Å². The molecule has 0 radical (unpaired) electrons. The number of benzene rings is 2. The minimum absolute atomic E-state index is 0.0185. The van der Waals surface area contributed by atoms with Gasteiger partial charge in [0.15, 0.2) is 0 Å². The van der Waals surface area contributed by atoms with E-state index in [1.165, 1.54) is 0 Å². The molecule has 4 atom stereocenters. The summed E-state index contributed by atoms with van der Waals surface area (Å²) in [5.41, 5.74) is 2.19. The van der Waals surface area contributed by atoms with Crippen molar-refractivity contribution in [3.8, 4) is 0 Å². The van der Waals surface area contributed by atoms with Gasteiger partial charge in [-0.2, -0.15) is 0 Å². The van der Waals surface area contributed by atoms with Gasteiger partial charge in [-0.3, -0.25) is 14.4 Å². The SMILES string of the molecule is CC(C)C[C@H](NC(=O)c1ccc(C(C)(C)C)cc1)C(=O)N1CCC2[C@H]1[C@@H](O)CN2C(=O)c1ccccc1. The Balaban J connectivity index is 1.49. The van der Waals surface area contributed by atoms with E-state index < -0.39 is 18.2 Å². The fourth-order valence-electron chi connectivity index (χ4n) is 5.54. The Kier molecular flexibility index (Phi) is 7.74. The second-order valence-electron chi connectivity index (χ2n) is 11.8. The lowest BCUT2D eigenvalue weighted by molar-refractivity contribution is -0.136. The molecule has 2 saturated heterocycles. The number of aliphatic hydroxyl groups excluding tert-OH is 1. The van der Waals surface area contributed by atoms with Crippen LogP contribution in [0.2, 0.25) is 0 Å². The van der Waals surface area contributed by atoms with Gasteiger partial charge in [0, 0.05) is 24.2 Å². The van der Waals surface area contributed by atoms with E-state index in [4.69, 9.17) is 0 Å². The molecular formula is C30H39N3O4. The standard InChI is InChI=1S/C30H39N3O4/c1-19(2)17-23(31-27(35)20-11-13-22(14-12-20)30(3,4)5)29(37)32-16-15-24-26(32)25(34)18-33(24)28(36)21-9-7-6-8-10-21/h6-14,19,23-26,34H,15-18H2,1-5H3,(H,31,35)/t23-,24?,25-,26-/m0/s1. The maximum atomic E-state index is 13.8. The molecule has 0 spiro atoms. The van der Waals surface area contributed by atoms with Crippen molar-refractivity contribution >= 4 is 17.7 Å². The maximum absolute atomic E-state index is 13.8. The van der Waals surface area contributed by atoms with Gasteiger partial charge in [-0.25, -0.2) is 0 Å². The Morgan fingerprint density at radius 2 is 1.62 bits per heavy atom. The molecule has 7 heteroatoms. The number of amides is 3. The Morgan fingerprint density at radius 1 is 0.973 bits per heavy atom. The lowest BCUT2D eigenvalue weighted by atomic mass is 9.86. The molecule has 2 aliphatic rings. The van der Waals surface area contributed by atoms with Crippen molar-refractivity contribution in [3.05, 3.63) is 71.3 Å². The van der Waals surface area contributed by atoms with E-state index in [0.717, 1.165) is 5.56 Å². The summed E-state index contributed by atoms with van der Waals surface area (Å²) in [6, 6.07) is 15.1. The highest BCUT2D eigenvalue weighted by atomic mass is 16.3. The number of hydrogen-bond donors (Lipinski definition) is 2. The third-order valence-corrected chi connectivity index (χ3v) is 7.49. The van der Waals surface area contributed by atoms with Gasteiger partial charge in [0.2, 0.25) is 5.91 Å². The highest BCUT2D eigenvalue weighted by Crippen LogP contribution is 2.34. The van der Waals surface area contributed by atoms with Crippen LogP contribution in [-0.4, -0.2) is 69.9 Å². The van der Waals surface area contributed by atoms with Crippen molar-refractivity contribution in [2.75, 3.05) is 13.1 Å². The molecule has 3 amide bonds. The van der Waals surface area contributed by atoms with Gasteiger partial charge in [-0.15, -0.1) is 0 Å². The van der Waals surface area contributed by atoms with E-state index in [0.29, 0.717) is 30.5 Å². The number of rotatable bonds is 6. The number of fused-ring (bicyclic) bond motifs is 1. The summed E-state index contributed by atoms with van der Waals surface area (Å²) < 4.78 is 0. The molecule has 0 aliphatic carbocycles. The number of β-amino-alcohol motifs (C(OH)–C–C–N with tert-alkyl or cyclic N) is 1. The molecule has 1 unspecified atom stereocenters. The quantitative estimate of drug-likeness (QED) is 0.628.